The molecule has 1 aliphatic heterocycles. The highest BCUT2D eigenvalue weighted by molar-refractivity contribution is 5.58. The van der Waals surface area contributed by atoms with Gasteiger partial charge in [0.25, 0.3) is 5.82 Å². The zero-order chi connectivity index (χ0) is 13.2. The van der Waals surface area contributed by atoms with E-state index < -0.39 is 0 Å². The first-order valence-corrected chi connectivity index (χ1v) is 7.17. The van der Waals surface area contributed by atoms with E-state index in [1.54, 1.807) is 12.1 Å². The number of rotatable bonds is 4. The first kappa shape index (κ1) is 15.2. The molecule has 4 heteroatoms. The Balaban J connectivity index is 0.00000147. The third-order valence-electron chi connectivity index (χ3n) is 3.89. The van der Waals surface area contributed by atoms with Crippen LogP contribution in [0.2, 0.25) is 0 Å². The van der Waals surface area contributed by atoms with Gasteiger partial charge in [0.15, 0.2) is 5.69 Å². The molecule has 1 aromatic heterocycles. The van der Waals surface area contributed by atoms with Crippen molar-refractivity contribution >= 4 is 0 Å². The van der Waals surface area contributed by atoms with Gasteiger partial charge in [0, 0.05) is 5.56 Å². The lowest BCUT2D eigenvalue weighted by molar-refractivity contribution is -0.703. The molecule has 0 radical (unpaired) electrons. The lowest BCUT2D eigenvalue weighted by atomic mass is 10.1. The van der Waals surface area contributed by atoms with Gasteiger partial charge in [-0.2, -0.15) is 0 Å². The average Bonchev–Trinajstić information content (AvgIpc) is 3.00. The number of imidazole rings is 1. The van der Waals surface area contributed by atoms with Crippen molar-refractivity contribution in [3.05, 3.63) is 42.1 Å². The molecule has 2 nitrogen and oxygen atoms in total. The summed E-state index contributed by atoms with van der Waals surface area (Å²) in [5.41, 5.74) is 2.34. The van der Waals surface area contributed by atoms with Gasteiger partial charge in [-0.15, -0.1) is 0 Å². The first-order chi connectivity index (χ1) is 9.29. The molecule has 20 heavy (non-hydrogen) atoms. The van der Waals surface area contributed by atoms with Crippen LogP contribution >= 0.6 is 0 Å². The van der Waals surface area contributed by atoms with Gasteiger partial charge in [0.2, 0.25) is 0 Å². The second-order valence-electron chi connectivity index (χ2n) is 5.24. The molecule has 1 aromatic carbocycles. The third kappa shape index (κ3) is 2.80. The smallest absolute Gasteiger partial charge is 0.257 e. The number of halogens is 2. The molecule has 0 aliphatic carbocycles. The van der Waals surface area contributed by atoms with Crippen LogP contribution in [0.15, 0.2) is 30.5 Å². The quantitative estimate of drug-likeness (QED) is 0.710. The Morgan fingerprint density at radius 3 is 2.70 bits per heavy atom. The summed E-state index contributed by atoms with van der Waals surface area (Å²) < 4.78 is 17.8. The summed E-state index contributed by atoms with van der Waals surface area (Å²) in [5.74, 6) is 1.25. The van der Waals surface area contributed by atoms with Crippen LogP contribution in [0.25, 0.3) is 11.3 Å². The van der Waals surface area contributed by atoms with Crippen LogP contribution in [-0.2, 0) is 19.5 Å². The van der Waals surface area contributed by atoms with E-state index in [4.69, 9.17) is 0 Å². The molecule has 2 aromatic rings. The predicted octanol–water partition coefficient (Wildman–Crippen LogP) is 0.332. The van der Waals surface area contributed by atoms with Gasteiger partial charge in [-0.3, -0.25) is 0 Å². The Bertz CT molecular complexity index is 575. The second-order valence-corrected chi connectivity index (χ2v) is 5.24. The minimum absolute atomic E-state index is 0. The molecule has 0 N–H and O–H groups in total. The van der Waals surface area contributed by atoms with Crippen molar-refractivity contribution in [1.82, 2.24) is 4.57 Å². The maximum atomic E-state index is 13.0. The fraction of sp³-hybridized carbons (Fsp3) is 0.438. The normalized spacial score (nSPS) is 13.1. The minimum Gasteiger partial charge on any atom is -1.00 e. The number of aromatic nitrogens is 2. The number of unbranched alkanes of at least 4 members (excludes halogenated alkanes) is 1. The zero-order valence-electron chi connectivity index (χ0n) is 11.8. The lowest BCUT2D eigenvalue weighted by Gasteiger charge is -1.98. The molecule has 1 aliphatic rings. The van der Waals surface area contributed by atoms with Gasteiger partial charge in [0.05, 0.1) is 19.5 Å². The van der Waals surface area contributed by atoms with Crippen LogP contribution in [0, 0.1) is 5.82 Å². The average molecular weight is 339 g/mol. The molecule has 0 atom stereocenters. The Hall–Kier alpha value is -1.16. The summed E-state index contributed by atoms with van der Waals surface area (Å²) in [6, 6.07) is 6.84. The molecule has 0 saturated heterocycles. The highest BCUT2D eigenvalue weighted by atomic mass is 79.9. The van der Waals surface area contributed by atoms with Crippen LogP contribution in [0.4, 0.5) is 4.39 Å². The second kappa shape index (κ2) is 6.53. The molecule has 0 fully saturated rings. The van der Waals surface area contributed by atoms with Crippen molar-refractivity contribution in [2.24, 2.45) is 0 Å². The van der Waals surface area contributed by atoms with E-state index in [0.29, 0.717) is 0 Å². The van der Waals surface area contributed by atoms with E-state index in [1.807, 2.05) is 12.1 Å². The summed E-state index contributed by atoms with van der Waals surface area (Å²) in [4.78, 5) is 0. The summed E-state index contributed by atoms with van der Waals surface area (Å²) in [6.45, 7) is 4.39. The summed E-state index contributed by atoms with van der Waals surface area (Å²) in [5, 5.41) is 0. The van der Waals surface area contributed by atoms with Crippen LogP contribution in [0.1, 0.15) is 32.0 Å². The molecular formula is C16H20BrFN2. The van der Waals surface area contributed by atoms with E-state index in [0.717, 1.165) is 25.1 Å². The fourth-order valence-corrected chi connectivity index (χ4v) is 2.88. The SMILES string of the molecule is CCCC[n+]1cc(-c2ccc(F)cc2)n2c1CCC2.[Br-]. The van der Waals surface area contributed by atoms with Crippen LogP contribution in [0.5, 0.6) is 0 Å². The number of nitrogens with zero attached hydrogens (tertiary/aromatic N) is 2. The van der Waals surface area contributed by atoms with Crippen molar-refractivity contribution in [2.75, 3.05) is 0 Å². The number of hydrogen-bond acceptors (Lipinski definition) is 0. The van der Waals surface area contributed by atoms with Gasteiger partial charge >= 0.3 is 0 Å². The monoisotopic (exact) mass is 338 g/mol. The van der Waals surface area contributed by atoms with Crippen molar-refractivity contribution in [2.45, 2.75) is 45.7 Å². The maximum absolute atomic E-state index is 13.0. The van der Waals surface area contributed by atoms with Crippen molar-refractivity contribution in [3.8, 4) is 11.3 Å². The molecule has 2 heterocycles. The molecule has 3 rings (SSSR count). The van der Waals surface area contributed by atoms with Crippen molar-refractivity contribution in [1.29, 1.82) is 0 Å². The molecular weight excluding hydrogens is 319 g/mol. The van der Waals surface area contributed by atoms with Crippen molar-refractivity contribution < 1.29 is 25.9 Å². The number of benzene rings is 1. The molecule has 0 spiro atoms. The Morgan fingerprint density at radius 2 is 2.00 bits per heavy atom. The molecule has 108 valence electrons. The van der Waals surface area contributed by atoms with Gasteiger partial charge < -0.3 is 17.0 Å². The first-order valence-electron chi connectivity index (χ1n) is 7.17. The van der Waals surface area contributed by atoms with Gasteiger partial charge in [0.1, 0.15) is 12.0 Å². The van der Waals surface area contributed by atoms with E-state index in [1.165, 1.54) is 30.8 Å². The molecule has 0 unspecified atom stereocenters. The van der Waals surface area contributed by atoms with Gasteiger partial charge in [-0.25, -0.2) is 13.5 Å². The lowest BCUT2D eigenvalue weighted by Crippen LogP contribution is -3.00. The van der Waals surface area contributed by atoms with E-state index in [2.05, 4.69) is 22.3 Å². The van der Waals surface area contributed by atoms with Crippen LogP contribution in [0.3, 0.4) is 0 Å². The molecule has 0 saturated carbocycles. The van der Waals surface area contributed by atoms with E-state index >= 15 is 0 Å². The third-order valence-corrected chi connectivity index (χ3v) is 3.89. The van der Waals surface area contributed by atoms with Crippen molar-refractivity contribution in [3.63, 3.8) is 0 Å². The fourth-order valence-electron chi connectivity index (χ4n) is 2.88. The Labute approximate surface area is 130 Å². The summed E-state index contributed by atoms with van der Waals surface area (Å²) in [7, 11) is 0. The van der Waals surface area contributed by atoms with Gasteiger partial charge in [-0.05, 0) is 37.1 Å². The zero-order valence-corrected chi connectivity index (χ0v) is 13.4. The largest absolute Gasteiger partial charge is 1.00 e. The highest BCUT2D eigenvalue weighted by Gasteiger charge is 2.28. The van der Waals surface area contributed by atoms with Crippen LogP contribution < -0.4 is 21.5 Å². The highest BCUT2D eigenvalue weighted by Crippen LogP contribution is 2.25. The van der Waals surface area contributed by atoms with E-state index in [9.17, 15) is 4.39 Å². The van der Waals surface area contributed by atoms with Gasteiger partial charge in [-0.1, -0.05) is 13.3 Å². The Kier molecular flexibility index (Phi) is 4.97. The number of aryl methyl sites for hydroxylation is 1. The Morgan fingerprint density at radius 1 is 1.25 bits per heavy atom. The van der Waals surface area contributed by atoms with Crippen LogP contribution in [-0.4, -0.2) is 4.57 Å². The predicted molar refractivity (Wildman–Crippen MR) is 73.3 cm³/mol. The summed E-state index contributed by atoms with van der Waals surface area (Å²) in [6.07, 6.45) is 7.03. The number of hydrogen-bond donors (Lipinski definition) is 0. The molecule has 0 bridgehead atoms. The number of fused-ring (bicyclic) bond motifs is 1. The van der Waals surface area contributed by atoms with E-state index in [-0.39, 0.29) is 22.8 Å². The minimum atomic E-state index is -0.171. The topological polar surface area (TPSA) is 8.81 Å². The standard InChI is InChI=1S/C16H20FN2.BrH/c1-2-3-10-18-12-15(19-11-4-5-16(18)19)13-6-8-14(17)9-7-13;/h6-9,12H,2-5,10-11H2,1H3;1H/q+1;/p-1. The molecule has 0 amide bonds. The maximum Gasteiger partial charge on any atom is 0.257 e. The summed E-state index contributed by atoms with van der Waals surface area (Å²) >= 11 is 0.